The van der Waals surface area contributed by atoms with Crippen molar-refractivity contribution in [2.75, 3.05) is 12.4 Å². The fraction of sp³-hybridized carbons (Fsp3) is 0.211. The van der Waals surface area contributed by atoms with E-state index in [-0.39, 0.29) is 12.3 Å². The van der Waals surface area contributed by atoms with Crippen LogP contribution in [0.5, 0.6) is 5.75 Å². The van der Waals surface area contributed by atoms with Crippen molar-refractivity contribution >= 4 is 33.8 Å². The molecule has 3 heterocycles. The maximum atomic E-state index is 13.0. The van der Waals surface area contributed by atoms with Gasteiger partial charge in [-0.05, 0) is 24.6 Å². The number of carbonyl (C=O) groups is 1. The molecule has 1 aromatic carbocycles. The third kappa shape index (κ3) is 2.61. The van der Waals surface area contributed by atoms with Crippen LogP contribution in [0.4, 0.5) is 10.2 Å². The Morgan fingerprint density at radius 3 is 2.93 bits per heavy atom. The Hall–Kier alpha value is -3.42. The van der Waals surface area contributed by atoms with Gasteiger partial charge >= 0.3 is 0 Å². The lowest BCUT2D eigenvalue weighted by molar-refractivity contribution is -0.117. The van der Waals surface area contributed by atoms with Gasteiger partial charge in [0.2, 0.25) is 5.91 Å². The van der Waals surface area contributed by atoms with Crippen LogP contribution in [-0.4, -0.2) is 39.1 Å². The third-order valence-electron chi connectivity index (χ3n) is 4.87. The summed E-state index contributed by atoms with van der Waals surface area (Å²) in [4.78, 5) is 26.8. The van der Waals surface area contributed by atoms with E-state index in [1.54, 1.807) is 19.5 Å². The number of methoxy groups -OCH3 is 1. The van der Waals surface area contributed by atoms with Gasteiger partial charge in [0.1, 0.15) is 23.4 Å². The zero-order chi connectivity index (χ0) is 18.5. The number of hydrogen-bond acceptors (Lipinski definition) is 4. The minimum Gasteiger partial charge on any atom is -0.496 e. The van der Waals surface area contributed by atoms with E-state index in [0.717, 1.165) is 27.5 Å². The Bertz CT molecular complexity index is 1180. The summed E-state index contributed by atoms with van der Waals surface area (Å²) in [5.41, 5.74) is 4.18. The SMILES string of the molecule is COc1cc2nc[nH]c2cc1-c1c[nH]c2nc(NC(=O)C3CC3F)ccc12. The molecule has 27 heavy (non-hydrogen) atoms. The van der Waals surface area contributed by atoms with E-state index < -0.39 is 12.1 Å². The Balaban J connectivity index is 1.54. The standard InChI is InChI=1S/C19H16FN5O2/c1-27-16-6-15-14(22-8-23-15)5-10(16)12-7-21-18-9(12)2-3-17(24-18)25-19(26)11-4-13(11)20/h2-3,5-8,11,13H,4H2,1H3,(H,22,23)(H2,21,24,25,26). The molecular weight excluding hydrogens is 349 g/mol. The molecule has 0 bridgehead atoms. The molecule has 1 aliphatic carbocycles. The number of hydrogen-bond donors (Lipinski definition) is 3. The van der Waals surface area contributed by atoms with Crippen molar-refractivity contribution in [3.05, 3.63) is 36.8 Å². The number of fused-ring (bicyclic) bond motifs is 2. The minimum absolute atomic E-state index is 0.288. The molecule has 7 nitrogen and oxygen atoms in total. The van der Waals surface area contributed by atoms with Gasteiger partial charge in [-0.3, -0.25) is 4.79 Å². The molecule has 0 saturated heterocycles. The molecule has 8 heteroatoms. The average molecular weight is 365 g/mol. The molecule has 1 amide bonds. The van der Waals surface area contributed by atoms with Gasteiger partial charge in [0.15, 0.2) is 0 Å². The first-order valence-electron chi connectivity index (χ1n) is 8.58. The summed E-state index contributed by atoms with van der Waals surface area (Å²) in [6, 6.07) is 7.45. The van der Waals surface area contributed by atoms with E-state index >= 15 is 0 Å². The van der Waals surface area contributed by atoms with E-state index in [9.17, 15) is 9.18 Å². The molecule has 2 unspecified atom stereocenters. The average Bonchev–Trinajstić information content (AvgIpc) is 3.07. The molecule has 0 spiro atoms. The Morgan fingerprint density at radius 1 is 1.30 bits per heavy atom. The molecular formula is C19H16FN5O2. The number of imidazole rings is 1. The fourth-order valence-electron chi connectivity index (χ4n) is 3.29. The lowest BCUT2D eigenvalue weighted by Crippen LogP contribution is -2.15. The number of halogens is 1. The van der Waals surface area contributed by atoms with Crippen LogP contribution >= 0.6 is 0 Å². The molecule has 2 atom stereocenters. The van der Waals surface area contributed by atoms with E-state index in [0.29, 0.717) is 17.2 Å². The van der Waals surface area contributed by atoms with Gasteiger partial charge in [-0.1, -0.05) is 0 Å². The molecule has 1 aliphatic rings. The number of aromatic nitrogens is 4. The molecule has 3 N–H and O–H groups in total. The van der Waals surface area contributed by atoms with Crippen molar-refractivity contribution in [2.24, 2.45) is 5.92 Å². The van der Waals surface area contributed by atoms with E-state index in [1.807, 2.05) is 24.4 Å². The van der Waals surface area contributed by atoms with Gasteiger partial charge in [-0.15, -0.1) is 0 Å². The van der Waals surface area contributed by atoms with Gasteiger partial charge in [0, 0.05) is 28.8 Å². The molecule has 136 valence electrons. The second-order valence-electron chi connectivity index (χ2n) is 6.61. The minimum atomic E-state index is -1.03. The summed E-state index contributed by atoms with van der Waals surface area (Å²) in [6.45, 7) is 0. The second kappa shape index (κ2) is 5.80. The van der Waals surface area contributed by atoms with Crippen molar-refractivity contribution in [1.29, 1.82) is 0 Å². The van der Waals surface area contributed by atoms with E-state index in [1.165, 1.54) is 0 Å². The number of nitrogens with zero attached hydrogens (tertiary/aromatic N) is 2. The third-order valence-corrected chi connectivity index (χ3v) is 4.87. The molecule has 0 aliphatic heterocycles. The number of pyridine rings is 1. The molecule has 1 fully saturated rings. The zero-order valence-electron chi connectivity index (χ0n) is 14.4. The van der Waals surface area contributed by atoms with Gasteiger partial charge in [-0.2, -0.15) is 0 Å². The number of benzene rings is 1. The second-order valence-corrected chi connectivity index (χ2v) is 6.61. The van der Waals surface area contributed by atoms with Crippen molar-refractivity contribution in [2.45, 2.75) is 12.6 Å². The highest BCUT2D eigenvalue weighted by atomic mass is 19.1. The topological polar surface area (TPSA) is 95.7 Å². The predicted molar refractivity (Wildman–Crippen MR) is 99.4 cm³/mol. The largest absolute Gasteiger partial charge is 0.496 e. The smallest absolute Gasteiger partial charge is 0.231 e. The van der Waals surface area contributed by atoms with Crippen LogP contribution in [0.1, 0.15) is 6.42 Å². The van der Waals surface area contributed by atoms with E-state index in [2.05, 4.69) is 25.3 Å². The van der Waals surface area contributed by atoms with Gasteiger partial charge in [0.25, 0.3) is 0 Å². The van der Waals surface area contributed by atoms with Crippen LogP contribution in [0.25, 0.3) is 33.2 Å². The molecule has 1 saturated carbocycles. The first-order valence-corrected chi connectivity index (χ1v) is 8.58. The van der Waals surface area contributed by atoms with Crippen LogP contribution in [-0.2, 0) is 4.79 Å². The quantitative estimate of drug-likeness (QED) is 0.516. The highest BCUT2D eigenvalue weighted by Gasteiger charge is 2.43. The Kier molecular flexibility index (Phi) is 3.40. The number of alkyl halides is 1. The maximum absolute atomic E-state index is 13.0. The molecule has 0 radical (unpaired) electrons. The normalized spacial score (nSPS) is 18.7. The number of rotatable bonds is 4. The summed E-state index contributed by atoms with van der Waals surface area (Å²) in [5, 5.41) is 3.56. The van der Waals surface area contributed by atoms with Crippen LogP contribution in [0.2, 0.25) is 0 Å². The highest BCUT2D eigenvalue weighted by Crippen LogP contribution is 2.38. The first-order chi connectivity index (χ1) is 13.1. The number of anilines is 1. The van der Waals surface area contributed by atoms with Crippen molar-refractivity contribution in [3.8, 4) is 16.9 Å². The lowest BCUT2D eigenvalue weighted by Gasteiger charge is -2.08. The van der Waals surface area contributed by atoms with E-state index in [4.69, 9.17) is 4.74 Å². The summed E-state index contributed by atoms with van der Waals surface area (Å²) in [6.07, 6.45) is 2.75. The fourth-order valence-corrected chi connectivity index (χ4v) is 3.29. The summed E-state index contributed by atoms with van der Waals surface area (Å²) >= 11 is 0. The van der Waals surface area contributed by atoms with Gasteiger partial charge in [-0.25, -0.2) is 14.4 Å². The summed E-state index contributed by atoms with van der Waals surface area (Å²) < 4.78 is 18.6. The van der Waals surface area contributed by atoms with Crippen LogP contribution < -0.4 is 10.1 Å². The van der Waals surface area contributed by atoms with Gasteiger partial charge in [0.05, 0.1) is 30.4 Å². The van der Waals surface area contributed by atoms with Crippen LogP contribution in [0.15, 0.2) is 36.8 Å². The Morgan fingerprint density at radius 2 is 2.15 bits per heavy atom. The van der Waals surface area contributed by atoms with Crippen molar-refractivity contribution in [3.63, 3.8) is 0 Å². The van der Waals surface area contributed by atoms with Crippen molar-refractivity contribution < 1.29 is 13.9 Å². The predicted octanol–water partition coefficient (Wildman–Crippen LogP) is 3.41. The summed E-state index contributed by atoms with van der Waals surface area (Å²) in [5.74, 6) is 0.228. The first kappa shape index (κ1) is 15.8. The lowest BCUT2D eigenvalue weighted by atomic mass is 10.0. The number of aromatic amines is 2. The number of ether oxygens (including phenoxy) is 1. The highest BCUT2D eigenvalue weighted by molar-refractivity contribution is 6.00. The molecule has 4 aromatic rings. The number of carbonyl (C=O) groups excluding carboxylic acids is 1. The Labute approximate surface area is 153 Å². The molecule has 5 rings (SSSR count). The number of amides is 1. The van der Waals surface area contributed by atoms with Crippen LogP contribution in [0.3, 0.4) is 0 Å². The number of nitrogens with one attached hydrogen (secondary N) is 3. The molecule has 3 aromatic heterocycles. The zero-order valence-corrected chi connectivity index (χ0v) is 14.4. The van der Waals surface area contributed by atoms with Gasteiger partial charge < -0.3 is 20.0 Å². The van der Waals surface area contributed by atoms with Crippen molar-refractivity contribution in [1.82, 2.24) is 19.9 Å². The monoisotopic (exact) mass is 365 g/mol. The summed E-state index contributed by atoms with van der Waals surface area (Å²) in [7, 11) is 1.62. The maximum Gasteiger partial charge on any atom is 0.231 e. The number of H-pyrrole nitrogens is 2. The van der Waals surface area contributed by atoms with Crippen LogP contribution in [0, 0.1) is 5.92 Å².